The van der Waals surface area contributed by atoms with E-state index in [0.29, 0.717) is 12.1 Å². The second-order valence-corrected chi connectivity index (χ2v) is 6.09. The van der Waals surface area contributed by atoms with Gasteiger partial charge in [0.1, 0.15) is 0 Å². The minimum absolute atomic E-state index is 0.0162. The molecule has 0 aromatic carbocycles. The van der Waals surface area contributed by atoms with Crippen LogP contribution in [0, 0.1) is 0 Å². The fourth-order valence-electron chi connectivity index (χ4n) is 2.12. The molecule has 2 rings (SSSR count). The smallest absolute Gasteiger partial charge is 0.258 e. The molecule has 0 spiro atoms. The molecule has 5 heteroatoms. The number of carbonyl (C=O) groups excluding carboxylic acids is 1. The summed E-state index contributed by atoms with van der Waals surface area (Å²) in [6, 6.07) is 6.05. The molecule has 0 bridgehead atoms. The Morgan fingerprint density at radius 3 is 2.86 bits per heavy atom. The molecule has 0 saturated carbocycles. The standard InChI is InChI=1S/C16H21N3OS/c1-4-18-15-7-8-17-10-14(15)16(20)19(12(2)3)11-13-6-5-9-21-13/h5-10,12H,4,11H2,1-3H3,(H,17,18). The van der Waals surface area contributed by atoms with Crippen molar-refractivity contribution in [2.45, 2.75) is 33.4 Å². The summed E-state index contributed by atoms with van der Waals surface area (Å²) in [5.74, 6) is 0.0162. The molecule has 4 nitrogen and oxygen atoms in total. The van der Waals surface area contributed by atoms with E-state index < -0.39 is 0 Å². The normalized spacial score (nSPS) is 10.7. The Hall–Kier alpha value is -1.88. The van der Waals surface area contributed by atoms with Crippen LogP contribution in [0.3, 0.4) is 0 Å². The molecule has 2 heterocycles. The number of anilines is 1. The van der Waals surface area contributed by atoms with Gasteiger partial charge in [-0.05, 0) is 38.3 Å². The molecule has 0 atom stereocenters. The average molecular weight is 303 g/mol. The first-order valence-electron chi connectivity index (χ1n) is 7.14. The van der Waals surface area contributed by atoms with Crippen LogP contribution in [0.2, 0.25) is 0 Å². The van der Waals surface area contributed by atoms with Crippen molar-refractivity contribution >= 4 is 22.9 Å². The van der Waals surface area contributed by atoms with Gasteiger partial charge < -0.3 is 10.2 Å². The van der Waals surface area contributed by atoms with Crippen LogP contribution < -0.4 is 5.32 Å². The number of nitrogens with zero attached hydrogens (tertiary/aromatic N) is 2. The molecule has 112 valence electrons. The highest BCUT2D eigenvalue weighted by Gasteiger charge is 2.22. The second kappa shape index (κ2) is 7.22. The Balaban J connectivity index is 2.26. The van der Waals surface area contributed by atoms with Gasteiger partial charge in [0.05, 0.1) is 17.8 Å². The Kier molecular flexibility index (Phi) is 5.33. The first kappa shape index (κ1) is 15.5. The van der Waals surface area contributed by atoms with Crippen LogP contribution in [0.15, 0.2) is 36.0 Å². The molecule has 0 unspecified atom stereocenters. The monoisotopic (exact) mass is 303 g/mol. The summed E-state index contributed by atoms with van der Waals surface area (Å²) in [5.41, 5.74) is 1.47. The van der Waals surface area contributed by atoms with Gasteiger partial charge >= 0.3 is 0 Å². The van der Waals surface area contributed by atoms with Gasteiger partial charge in [0, 0.05) is 29.9 Å². The molecule has 1 amide bonds. The quantitative estimate of drug-likeness (QED) is 0.886. The zero-order chi connectivity index (χ0) is 15.2. The van der Waals surface area contributed by atoms with Crippen molar-refractivity contribution in [3.05, 3.63) is 46.4 Å². The Labute approximate surface area is 129 Å². The highest BCUT2D eigenvalue weighted by atomic mass is 32.1. The topological polar surface area (TPSA) is 45.2 Å². The lowest BCUT2D eigenvalue weighted by atomic mass is 10.1. The highest BCUT2D eigenvalue weighted by molar-refractivity contribution is 7.09. The van der Waals surface area contributed by atoms with Gasteiger partial charge in [0.15, 0.2) is 0 Å². The Bertz CT molecular complexity index is 581. The van der Waals surface area contributed by atoms with E-state index in [4.69, 9.17) is 0 Å². The van der Waals surface area contributed by atoms with Crippen LogP contribution in [0.25, 0.3) is 0 Å². The number of thiophene rings is 1. The number of pyridine rings is 1. The SMILES string of the molecule is CCNc1ccncc1C(=O)N(Cc1cccs1)C(C)C. The summed E-state index contributed by atoms with van der Waals surface area (Å²) in [5, 5.41) is 5.26. The third-order valence-electron chi connectivity index (χ3n) is 3.21. The molecule has 2 aromatic rings. The number of rotatable bonds is 6. The van der Waals surface area contributed by atoms with Gasteiger partial charge in [-0.3, -0.25) is 9.78 Å². The minimum atomic E-state index is 0.0162. The predicted molar refractivity (Wildman–Crippen MR) is 87.7 cm³/mol. The van der Waals surface area contributed by atoms with Gasteiger partial charge in [0.25, 0.3) is 5.91 Å². The van der Waals surface area contributed by atoms with Gasteiger partial charge in [-0.25, -0.2) is 0 Å². The molecular formula is C16H21N3OS. The van der Waals surface area contributed by atoms with Crippen molar-refractivity contribution in [1.29, 1.82) is 0 Å². The van der Waals surface area contributed by atoms with Crippen molar-refractivity contribution in [1.82, 2.24) is 9.88 Å². The van der Waals surface area contributed by atoms with Crippen LogP contribution >= 0.6 is 11.3 Å². The maximum Gasteiger partial charge on any atom is 0.258 e. The third-order valence-corrected chi connectivity index (χ3v) is 4.07. The van der Waals surface area contributed by atoms with E-state index in [1.807, 2.05) is 43.2 Å². The Morgan fingerprint density at radius 2 is 2.24 bits per heavy atom. The van der Waals surface area contributed by atoms with Gasteiger partial charge in [-0.2, -0.15) is 0 Å². The lowest BCUT2D eigenvalue weighted by Gasteiger charge is -2.27. The summed E-state index contributed by atoms with van der Waals surface area (Å²) in [6.45, 7) is 7.50. The van der Waals surface area contributed by atoms with E-state index in [1.165, 1.54) is 4.88 Å². The van der Waals surface area contributed by atoms with E-state index >= 15 is 0 Å². The zero-order valence-electron chi connectivity index (χ0n) is 12.7. The van der Waals surface area contributed by atoms with Crippen LogP contribution in [0.4, 0.5) is 5.69 Å². The van der Waals surface area contributed by atoms with Gasteiger partial charge in [-0.15, -0.1) is 11.3 Å². The van der Waals surface area contributed by atoms with E-state index in [0.717, 1.165) is 12.2 Å². The van der Waals surface area contributed by atoms with E-state index in [2.05, 4.69) is 16.4 Å². The van der Waals surface area contributed by atoms with Crippen LogP contribution in [-0.4, -0.2) is 28.4 Å². The van der Waals surface area contributed by atoms with Crippen molar-refractivity contribution in [2.75, 3.05) is 11.9 Å². The third kappa shape index (κ3) is 3.82. The largest absolute Gasteiger partial charge is 0.385 e. The number of aromatic nitrogens is 1. The maximum atomic E-state index is 12.9. The zero-order valence-corrected chi connectivity index (χ0v) is 13.5. The molecule has 21 heavy (non-hydrogen) atoms. The summed E-state index contributed by atoms with van der Waals surface area (Å²) in [6.07, 6.45) is 3.35. The minimum Gasteiger partial charge on any atom is -0.385 e. The van der Waals surface area contributed by atoms with Crippen LogP contribution in [0.1, 0.15) is 36.0 Å². The number of hydrogen-bond donors (Lipinski definition) is 1. The van der Waals surface area contributed by atoms with Gasteiger partial charge in [-0.1, -0.05) is 6.07 Å². The highest BCUT2D eigenvalue weighted by Crippen LogP contribution is 2.20. The summed E-state index contributed by atoms with van der Waals surface area (Å²) in [7, 11) is 0. The molecule has 0 radical (unpaired) electrons. The molecule has 0 aliphatic carbocycles. The summed E-state index contributed by atoms with van der Waals surface area (Å²) >= 11 is 1.67. The second-order valence-electron chi connectivity index (χ2n) is 5.06. The van der Waals surface area contributed by atoms with E-state index in [-0.39, 0.29) is 11.9 Å². The first-order valence-corrected chi connectivity index (χ1v) is 8.02. The number of carbonyl (C=O) groups is 1. The number of nitrogens with one attached hydrogen (secondary N) is 1. The first-order chi connectivity index (χ1) is 10.1. The fraction of sp³-hybridized carbons (Fsp3) is 0.375. The summed E-state index contributed by atoms with van der Waals surface area (Å²) in [4.78, 5) is 20.0. The van der Waals surface area contributed by atoms with Crippen molar-refractivity contribution in [3.8, 4) is 0 Å². The van der Waals surface area contributed by atoms with Crippen molar-refractivity contribution < 1.29 is 4.79 Å². The predicted octanol–water partition coefficient (Wildman–Crippen LogP) is 3.63. The van der Waals surface area contributed by atoms with E-state index in [1.54, 1.807) is 23.7 Å². The van der Waals surface area contributed by atoms with Gasteiger partial charge in [0.2, 0.25) is 0 Å². The van der Waals surface area contributed by atoms with Crippen molar-refractivity contribution in [3.63, 3.8) is 0 Å². The maximum absolute atomic E-state index is 12.9. The lowest BCUT2D eigenvalue weighted by Crippen LogP contribution is -2.36. The number of hydrogen-bond acceptors (Lipinski definition) is 4. The molecule has 0 saturated heterocycles. The Morgan fingerprint density at radius 1 is 1.43 bits per heavy atom. The van der Waals surface area contributed by atoms with E-state index in [9.17, 15) is 4.79 Å². The van der Waals surface area contributed by atoms with Crippen LogP contribution in [0.5, 0.6) is 0 Å². The fourth-order valence-corrected chi connectivity index (χ4v) is 2.83. The molecule has 0 aliphatic rings. The molecule has 2 aromatic heterocycles. The molecule has 0 fully saturated rings. The number of amides is 1. The molecule has 0 aliphatic heterocycles. The average Bonchev–Trinajstić information content (AvgIpc) is 2.98. The summed E-state index contributed by atoms with van der Waals surface area (Å²) < 4.78 is 0. The van der Waals surface area contributed by atoms with Crippen LogP contribution in [-0.2, 0) is 6.54 Å². The molecular weight excluding hydrogens is 282 g/mol. The lowest BCUT2D eigenvalue weighted by molar-refractivity contribution is 0.0693. The molecule has 1 N–H and O–H groups in total. The van der Waals surface area contributed by atoms with Crippen molar-refractivity contribution in [2.24, 2.45) is 0 Å².